The molecule has 0 amide bonds. The van der Waals surface area contributed by atoms with Crippen LogP contribution in [0.5, 0.6) is 0 Å². The monoisotopic (exact) mass is 606 g/mol. The minimum Gasteiger partial charge on any atom is -0.281 e. The summed E-state index contributed by atoms with van der Waals surface area (Å²) in [6.07, 6.45) is 4.74. The zero-order chi connectivity index (χ0) is 30.2. The highest BCUT2D eigenvalue weighted by molar-refractivity contribution is 8.00. The fourth-order valence-corrected chi connectivity index (χ4v) is 8.95. The predicted molar refractivity (Wildman–Crippen MR) is 190 cm³/mol. The molecule has 0 saturated carbocycles. The van der Waals surface area contributed by atoms with Crippen LogP contribution < -0.4 is 0 Å². The molecule has 216 valence electrons. The molecule has 2 aromatic heterocycles. The molecule has 0 bridgehead atoms. The van der Waals surface area contributed by atoms with Crippen molar-refractivity contribution in [3.05, 3.63) is 156 Å². The lowest BCUT2D eigenvalue weighted by Gasteiger charge is -2.25. The summed E-state index contributed by atoms with van der Waals surface area (Å²) >= 11 is 1.99. The van der Waals surface area contributed by atoms with E-state index in [1.807, 2.05) is 48.2 Å². The van der Waals surface area contributed by atoms with Gasteiger partial charge in [0.2, 0.25) is 5.95 Å². The van der Waals surface area contributed by atoms with Gasteiger partial charge in [-0.15, -0.1) is 11.8 Å². The van der Waals surface area contributed by atoms with Gasteiger partial charge < -0.3 is 0 Å². The maximum absolute atomic E-state index is 5.22. The van der Waals surface area contributed by atoms with E-state index >= 15 is 0 Å². The number of hydrogen-bond acceptors (Lipinski definition) is 4. The molecule has 0 spiro atoms. The van der Waals surface area contributed by atoms with Crippen LogP contribution in [-0.2, 0) is 0 Å². The first-order valence-corrected chi connectivity index (χ1v) is 16.5. The van der Waals surface area contributed by atoms with Gasteiger partial charge in [0.15, 0.2) is 11.6 Å². The normalized spacial score (nSPS) is 16.5. The number of aromatic nitrogens is 4. The highest BCUT2D eigenvalue weighted by Gasteiger charge is 2.42. The zero-order valence-electron chi connectivity index (χ0n) is 24.7. The highest BCUT2D eigenvalue weighted by atomic mass is 32.2. The van der Waals surface area contributed by atoms with Crippen molar-refractivity contribution >= 4 is 50.3 Å². The fraction of sp³-hybridized carbons (Fsp3) is 0.0488. The molecule has 3 heterocycles. The Hall–Kier alpha value is -5.52. The van der Waals surface area contributed by atoms with E-state index in [0.717, 1.165) is 16.6 Å². The number of fused-ring (bicyclic) bond motifs is 12. The molecule has 8 aromatic rings. The maximum Gasteiger partial charge on any atom is 0.238 e. The number of para-hydroxylation sites is 1. The van der Waals surface area contributed by atoms with Crippen LogP contribution in [-0.4, -0.2) is 24.8 Å². The molecule has 0 radical (unpaired) electrons. The summed E-state index contributed by atoms with van der Waals surface area (Å²) in [7, 11) is 0. The van der Waals surface area contributed by atoms with Crippen molar-refractivity contribution in [1.82, 2.24) is 19.5 Å². The fourth-order valence-electron chi connectivity index (χ4n) is 7.45. The molecule has 1 aliphatic heterocycles. The van der Waals surface area contributed by atoms with E-state index in [9.17, 15) is 0 Å². The molecular weight excluding hydrogens is 581 g/mol. The molecule has 46 heavy (non-hydrogen) atoms. The number of rotatable bonds is 3. The van der Waals surface area contributed by atoms with Crippen molar-refractivity contribution in [2.45, 2.75) is 16.1 Å². The zero-order valence-corrected chi connectivity index (χ0v) is 25.5. The van der Waals surface area contributed by atoms with Gasteiger partial charge in [0, 0.05) is 43.8 Å². The minimum atomic E-state index is 0.124. The Morgan fingerprint density at radius 2 is 1.07 bits per heavy atom. The third-order valence-corrected chi connectivity index (χ3v) is 10.8. The standard InChI is InChI=1S/C41H26N4S/c1-3-13-25(14-4-1)39-42-40(26-15-5-2-6-16-26)44-41(43-39)45-33-22-12-11-19-29(33)31-23-24-34-36(37(31)45)35-30-20-9-7-17-27(30)28-18-8-10-21-32(28)38(35)46-34/h1-24,34,36H. The summed E-state index contributed by atoms with van der Waals surface area (Å²) in [5, 5.41) is 6.72. The van der Waals surface area contributed by atoms with Crippen LogP contribution in [0.25, 0.3) is 67.2 Å². The van der Waals surface area contributed by atoms with Crippen LogP contribution in [0.3, 0.4) is 0 Å². The molecule has 0 saturated heterocycles. The van der Waals surface area contributed by atoms with Gasteiger partial charge >= 0.3 is 0 Å². The Kier molecular flexibility index (Phi) is 5.60. The van der Waals surface area contributed by atoms with Gasteiger partial charge in [-0.05, 0) is 33.2 Å². The molecule has 5 heteroatoms. The van der Waals surface area contributed by atoms with E-state index in [1.54, 1.807) is 0 Å². The lowest BCUT2D eigenvalue weighted by Crippen LogP contribution is -2.19. The van der Waals surface area contributed by atoms with Crippen molar-refractivity contribution in [3.8, 4) is 28.7 Å². The average Bonchev–Trinajstić information content (AvgIpc) is 3.69. The van der Waals surface area contributed by atoms with Gasteiger partial charge in [-0.25, -0.2) is 4.98 Å². The molecular formula is C41H26N4S. The van der Waals surface area contributed by atoms with Gasteiger partial charge in [-0.2, -0.15) is 9.97 Å². The van der Waals surface area contributed by atoms with E-state index in [-0.39, 0.29) is 11.2 Å². The largest absolute Gasteiger partial charge is 0.281 e. The summed E-state index contributed by atoms with van der Waals surface area (Å²) in [5.41, 5.74) is 6.91. The predicted octanol–water partition coefficient (Wildman–Crippen LogP) is 10.1. The smallest absolute Gasteiger partial charge is 0.238 e. The average molecular weight is 607 g/mol. The van der Waals surface area contributed by atoms with Gasteiger partial charge in [0.05, 0.1) is 5.52 Å². The van der Waals surface area contributed by atoms with Crippen molar-refractivity contribution in [2.75, 3.05) is 0 Å². The second kappa shape index (κ2) is 9.99. The van der Waals surface area contributed by atoms with E-state index in [0.29, 0.717) is 17.6 Å². The van der Waals surface area contributed by atoms with Crippen LogP contribution in [0.1, 0.15) is 22.7 Å². The second-order valence-electron chi connectivity index (χ2n) is 11.9. The summed E-state index contributed by atoms with van der Waals surface area (Å²) in [6, 6.07) is 46.9. The van der Waals surface area contributed by atoms with Crippen LogP contribution in [0.2, 0.25) is 0 Å². The van der Waals surface area contributed by atoms with Crippen LogP contribution >= 0.6 is 11.8 Å². The molecule has 1 aliphatic carbocycles. The maximum atomic E-state index is 5.22. The molecule has 4 nitrogen and oxygen atoms in total. The lowest BCUT2D eigenvalue weighted by molar-refractivity contribution is 0.768. The molecule has 0 fully saturated rings. The van der Waals surface area contributed by atoms with E-state index < -0.39 is 0 Å². The third-order valence-electron chi connectivity index (χ3n) is 9.40. The summed E-state index contributed by atoms with van der Waals surface area (Å²) in [5.74, 6) is 2.09. The molecule has 0 N–H and O–H groups in total. The van der Waals surface area contributed by atoms with Gasteiger partial charge in [0.1, 0.15) is 0 Å². The number of hydrogen-bond donors (Lipinski definition) is 0. The Balaban J connectivity index is 1.31. The van der Waals surface area contributed by atoms with E-state index in [4.69, 9.17) is 15.0 Å². The van der Waals surface area contributed by atoms with Crippen LogP contribution in [0.15, 0.2) is 144 Å². The SMILES string of the molecule is C1=CC2Sc3c(c4ccccc4c4ccccc34)C2c2c1c1ccccc1n2-c1nc(-c2ccccc2)nc(-c2ccccc2)n1. The highest BCUT2D eigenvalue weighted by Crippen LogP contribution is 2.58. The second-order valence-corrected chi connectivity index (χ2v) is 13.1. The molecule has 2 unspecified atom stereocenters. The Morgan fingerprint density at radius 3 is 1.74 bits per heavy atom. The Bertz CT molecular complexity index is 2460. The van der Waals surface area contributed by atoms with Crippen LogP contribution in [0, 0.1) is 0 Å². The van der Waals surface area contributed by atoms with Crippen molar-refractivity contribution in [1.29, 1.82) is 0 Å². The first-order chi connectivity index (χ1) is 22.8. The first kappa shape index (κ1) is 25.8. The molecule has 2 atom stereocenters. The topological polar surface area (TPSA) is 43.6 Å². The third kappa shape index (κ3) is 3.72. The lowest BCUT2D eigenvalue weighted by atomic mass is 9.82. The Labute approximate surface area is 270 Å². The minimum absolute atomic E-state index is 0.124. The van der Waals surface area contributed by atoms with Crippen LogP contribution in [0.4, 0.5) is 0 Å². The van der Waals surface area contributed by atoms with Gasteiger partial charge in [0.25, 0.3) is 0 Å². The number of nitrogens with zero attached hydrogens (tertiary/aromatic N) is 4. The van der Waals surface area contributed by atoms with E-state index in [1.165, 1.54) is 48.6 Å². The number of thioether (sulfide) groups is 1. The quantitative estimate of drug-likeness (QED) is 0.188. The molecule has 2 aliphatic rings. The summed E-state index contributed by atoms with van der Waals surface area (Å²) in [4.78, 5) is 16.8. The number of benzene rings is 6. The van der Waals surface area contributed by atoms with Crippen molar-refractivity contribution < 1.29 is 0 Å². The van der Waals surface area contributed by atoms with Gasteiger partial charge in [-0.1, -0.05) is 140 Å². The van der Waals surface area contributed by atoms with E-state index in [2.05, 4.69) is 114 Å². The summed E-state index contributed by atoms with van der Waals surface area (Å²) < 4.78 is 2.33. The first-order valence-electron chi connectivity index (χ1n) is 15.6. The molecule has 10 rings (SSSR count). The summed E-state index contributed by atoms with van der Waals surface area (Å²) in [6.45, 7) is 0. The Morgan fingerprint density at radius 1 is 0.522 bits per heavy atom. The molecule has 6 aromatic carbocycles. The van der Waals surface area contributed by atoms with Crippen molar-refractivity contribution in [3.63, 3.8) is 0 Å². The van der Waals surface area contributed by atoms with Gasteiger partial charge in [-0.3, -0.25) is 4.57 Å². The van der Waals surface area contributed by atoms with Crippen molar-refractivity contribution in [2.24, 2.45) is 0 Å².